The predicted octanol–water partition coefficient (Wildman–Crippen LogP) is 16.1. The Morgan fingerprint density at radius 1 is 0.448 bits per heavy atom. The quantitative estimate of drug-likeness (QED) is 0.160. The fourth-order valence-electron chi connectivity index (χ4n) is 14.1. The van der Waals surface area contributed by atoms with E-state index in [1.54, 1.807) is 0 Å². The van der Waals surface area contributed by atoms with E-state index >= 15 is 0 Å². The molecular weight excluding hydrogens is 828 g/mol. The Morgan fingerprint density at radius 2 is 0.940 bits per heavy atom. The summed E-state index contributed by atoms with van der Waals surface area (Å²) in [5.41, 5.74) is 23.1. The van der Waals surface area contributed by atoms with Crippen LogP contribution in [0.3, 0.4) is 0 Å². The smallest absolute Gasteiger partial charge is 0.252 e. The van der Waals surface area contributed by atoms with Crippen molar-refractivity contribution in [3.63, 3.8) is 0 Å². The number of hydrogen-bond acceptors (Lipinski definition) is 3. The minimum atomic E-state index is -0.101. The van der Waals surface area contributed by atoms with Gasteiger partial charge in [-0.3, -0.25) is 0 Å². The molecule has 0 bridgehead atoms. The molecule has 1 aromatic heterocycles. The first kappa shape index (κ1) is 43.5. The highest BCUT2D eigenvalue weighted by Gasteiger charge is 2.50. The van der Waals surface area contributed by atoms with Crippen LogP contribution in [0.2, 0.25) is 0 Å². The van der Waals surface area contributed by atoms with Gasteiger partial charge in [0.2, 0.25) is 0 Å². The summed E-state index contributed by atoms with van der Waals surface area (Å²) in [7, 11) is 0. The summed E-state index contributed by atoms with van der Waals surface area (Å²) >= 11 is 1.95. The number of thiophene rings is 1. The molecule has 0 amide bonds. The third kappa shape index (κ3) is 6.12. The van der Waals surface area contributed by atoms with Crippen molar-refractivity contribution in [3.8, 4) is 0 Å². The normalized spacial score (nSPS) is 20.8. The molecule has 3 heterocycles. The van der Waals surface area contributed by atoms with E-state index in [-0.39, 0.29) is 44.6 Å². The maximum atomic E-state index is 2.75. The largest absolute Gasteiger partial charge is 0.311 e. The second-order valence-corrected chi connectivity index (χ2v) is 27.7. The van der Waals surface area contributed by atoms with Gasteiger partial charge in [0, 0.05) is 43.9 Å². The average Bonchev–Trinajstić information content (AvgIpc) is 3.72. The summed E-state index contributed by atoms with van der Waals surface area (Å²) in [4.78, 5) is 5.49. The van der Waals surface area contributed by atoms with E-state index in [0.29, 0.717) is 0 Å². The van der Waals surface area contributed by atoms with E-state index in [2.05, 4.69) is 211 Å². The maximum Gasteiger partial charge on any atom is 0.252 e. The number of anilines is 6. The lowest BCUT2D eigenvalue weighted by Gasteiger charge is -2.48. The van der Waals surface area contributed by atoms with Crippen LogP contribution >= 0.6 is 11.3 Å². The molecule has 0 saturated carbocycles. The first-order chi connectivity index (χ1) is 31.3. The molecule has 12 rings (SSSR count). The molecule has 2 aliphatic heterocycles. The van der Waals surface area contributed by atoms with Crippen molar-refractivity contribution >= 4 is 88.7 Å². The van der Waals surface area contributed by atoms with Gasteiger partial charge >= 0.3 is 0 Å². The highest BCUT2D eigenvalue weighted by atomic mass is 32.1. The number of hydrogen-bond donors (Lipinski definition) is 0. The van der Waals surface area contributed by atoms with Gasteiger partial charge in [0.25, 0.3) is 6.71 Å². The molecule has 7 aromatic rings. The third-order valence-electron chi connectivity index (χ3n) is 18.1. The van der Waals surface area contributed by atoms with Crippen LogP contribution in [-0.2, 0) is 37.9 Å². The molecule has 0 radical (unpaired) electrons. The first-order valence-electron chi connectivity index (χ1n) is 25.5. The molecule has 5 aliphatic rings. The van der Waals surface area contributed by atoms with Gasteiger partial charge in [-0.25, -0.2) is 0 Å². The fraction of sp³-hybridized carbons (Fsp3) is 0.429. The zero-order chi connectivity index (χ0) is 47.3. The Balaban J connectivity index is 1.25. The molecular formula is C63H71BN2S. The van der Waals surface area contributed by atoms with Crippen molar-refractivity contribution < 1.29 is 0 Å². The monoisotopic (exact) mass is 899 g/mol. The average molecular weight is 899 g/mol. The number of rotatable bonds is 2. The Hall–Kier alpha value is -4.80. The van der Waals surface area contributed by atoms with Crippen molar-refractivity contribution in [2.24, 2.45) is 0 Å². The van der Waals surface area contributed by atoms with Crippen LogP contribution in [0.1, 0.15) is 175 Å². The van der Waals surface area contributed by atoms with E-state index in [9.17, 15) is 0 Å². The summed E-state index contributed by atoms with van der Waals surface area (Å²) in [5, 5.41) is 2.68. The number of fused-ring (bicyclic) bond motifs is 10. The lowest BCUT2D eigenvalue weighted by atomic mass is 9.32. The standard InChI is InChI=1S/C63H71BN2S/c1-57(2,3)37-29-52-55-53(30-37)66(49-21-18-20-40-39-19-16-17-22-54(39)67-56(40)49)51-35-46-44(62(12,13)36-63(46,14)15)33-48(51)64(55)47-32-43-45(61(10,11)28-27-60(43,8)9)34-50(47)65(52)38-23-24-41-42(31-38)59(6,7)26-25-58(41,4)5/h16-24,29-35H,25-28,36H2,1-15H3. The van der Waals surface area contributed by atoms with Crippen LogP contribution in [0, 0.1) is 0 Å². The van der Waals surface area contributed by atoms with Crippen LogP contribution in [-0.4, -0.2) is 6.71 Å². The molecule has 4 heteroatoms. The SMILES string of the molecule is CC(C)(C)c1cc2c3c(c1)N(c1cccc4c1sc1ccccc14)c1cc4c(cc1B3c1cc3c(cc1N2c1ccc2c(c1)C(C)(C)CCC2(C)C)C(C)(C)CCC3(C)C)C(C)(C)CC4(C)C. The molecule has 3 aliphatic carbocycles. The van der Waals surface area contributed by atoms with Gasteiger partial charge in [0.05, 0.1) is 10.4 Å². The van der Waals surface area contributed by atoms with E-state index in [1.165, 1.54) is 135 Å². The molecule has 0 saturated heterocycles. The molecule has 6 aromatic carbocycles. The van der Waals surface area contributed by atoms with Crippen LogP contribution in [0.15, 0.2) is 97.1 Å². The maximum absolute atomic E-state index is 2.75. The van der Waals surface area contributed by atoms with Crippen molar-refractivity contribution in [3.05, 3.63) is 136 Å². The lowest BCUT2D eigenvalue weighted by Crippen LogP contribution is -2.62. The van der Waals surface area contributed by atoms with Crippen LogP contribution < -0.4 is 26.2 Å². The molecule has 0 spiro atoms. The molecule has 0 N–H and O–H groups in total. The molecule has 0 fully saturated rings. The molecule has 67 heavy (non-hydrogen) atoms. The first-order valence-corrected chi connectivity index (χ1v) is 26.3. The Kier molecular flexibility index (Phi) is 8.76. The van der Waals surface area contributed by atoms with E-state index in [1.807, 2.05) is 11.3 Å². The van der Waals surface area contributed by atoms with Gasteiger partial charge in [-0.2, -0.15) is 0 Å². The topological polar surface area (TPSA) is 6.48 Å². The molecule has 0 atom stereocenters. The molecule has 342 valence electrons. The summed E-state index contributed by atoms with van der Waals surface area (Å²) in [6.07, 6.45) is 5.90. The van der Waals surface area contributed by atoms with Crippen molar-refractivity contribution in [1.29, 1.82) is 0 Å². The summed E-state index contributed by atoms with van der Waals surface area (Å²) < 4.78 is 2.70. The fourth-order valence-corrected chi connectivity index (χ4v) is 15.3. The minimum Gasteiger partial charge on any atom is -0.311 e. The number of benzene rings is 6. The zero-order valence-electron chi connectivity index (χ0n) is 43.2. The zero-order valence-corrected chi connectivity index (χ0v) is 44.0. The van der Waals surface area contributed by atoms with Crippen LogP contribution in [0.4, 0.5) is 34.1 Å². The van der Waals surface area contributed by atoms with Crippen molar-refractivity contribution in [2.45, 2.75) is 174 Å². The number of nitrogens with zero attached hydrogens (tertiary/aromatic N) is 2. The Morgan fingerprint density at radius 3 is 1.55 bits per heavy atom. The summed E-state index contributed by atoms with van der Waals surface area (Å²) in [5.74, 6) is 0. The molecule has 2 nitrogen and oxygen atoms in total. The highest BCUT2D eigenvalue weighted by molar-refractivity contribution is 7.26. The second kappa shape index (κ2) is 13.5. The van der Waals surface area contributed by atoms with Gasteiger partial charge < -0.3 is 9.80 Å². The van der Waals surface area contributed by atoms with Gasteiger partial charge in [0.15, 0.2) is 0 Å². The highest BCUT2D eigenvalue weighted by Crippen LogP contribution is 2.56. The van der Waals surface area contributed by atoms with Crippen molar-refractivity contribution in [2.75, 3.05) is 9.80 Å². The van der Waals surface area contributed by atoms with E-state index in [4.69, 9.17) is 0 Å². The van der Waals surface area contributed by atoms with Gasteiger partial charge in [0.1, 0.15) is 0 Å². The molecule has 0 unspecified atom stereocenters. The van der Waals surface area contributed by atoms with Gasteiger partial charge in [-0.15, -0.1) is 11.3 Å². The summed E-state index contributed by atoms with van der Waals surface area (Å²) in [6.45, 7) is 37.2. The van der Waals surface area contributed by atoms with Gasteiger partial charge in [-0.1, -0.05) is 152 Å². The van der Waals surface area contributed by atoms with E-state index < -0.39 is 0 Å². The van der Waals surface area contributed by atoms with Crippen molar-refractivity contribution in [1.82, 2.24) is 0 Å². The summed E-state index contributed by atoms with van der Waals surface area (Å²) in [6, 6.07) is 39.8. The van der Waals surface area contributed by atoms with Crippen LogP contribution in [0.25, 0.3) is 20.2 Å². The van der Waals surface area contributed by atoms with E-state index in [0.717, 1.165) is 6.42 Å². The van der Waals surface area contributed by atoms with Crippen LogP contribution in [0.5, 0.6) is 0 Å². The second-order valence-electron chi connectivity index (χ2n) is 26.7. The predicted molar refractivity (Wildman–Crippen MR) is 293 cm³/mol. The third-order valence-corrected chi connectivity index (χ3v) is 19.3. The minimum absolute atomic E-state index is 0.0482. The Bertz CT molecular complexity index is 3290. The lowest BCUT2D eigenvalue weighted by molar-refractivity contribution is 0.332. The Labute approximate surface area is 406 Å². The van der Waals surface area contributed by atoms with Gasteiger partial charge in [-0.05, 0) is 174 Å².